The van der Waals surface area contributed by atoms with E-state index in [1.807, 2.05) is 55.5 Å². The lowest BCUT2D eigenvalue weighted by Crippen LogP contribution is -2.42. The zero-order valence-electron chi connectivity index (χ0n) is 17.0. The minimum absolute atomic E-state index is 0.108. The van der Waals surface area contributed by atoms with Gasteiger partial charge in [0.15, 0.2) is 9.84 Å². The van der Waals surface area contributed by atoms with E-state index in [2.05, 4.69) is 20.8 Å². The largest absolute Gasteiger partial charge is 0.494 e. The van der Waals surface area contributed by atoms with Gasteiger partial charge in [-0.2, -0.15) is 0 Å². The van der Waals surface area contributed by atoms with Crippen LogP contribution in [0.15, 0.2) is 53.0 Å². The first-order chi connectivity index (χ1) is 14.3. The van der Waals surface area contributed by atoms with Crippen LogP contribution in [0, 0.1) is 0 Å². The van der Waals surface area contributed by atoms with Crippen LogP contribution in [0.25, 0.3) is 0 Å². The molecule has 0 saturated carbocycles. The van der Waals surface area contributed by atoms with Crippen LogP contribution >= 0.6 is 15.9 Å². The molecule has 2 aromatic carbocycles. The quantitative estimate of drug-likeness (QED) is 0.542. The summed E-state index contributed by atoms with van der Waals surface area (Å²) in [5, 5.41) is 10.6. The highest BCUT2D eigenvalue weighted by atomic mass is 79.9. The van der Waals surface area contributed by atoms with Crippen molar-refractivity contribution in [2.75, 3.05) is 31.3 Å². The molecular formula is C22H28BrNO5S. The minimum atomic E-state index is -3.02. The van der Waals surface area contributed by atoms with Gasteiger partial charge in [-0.3, -0.25) is 4.90 Å². The summed E-state index contributed by atoms with van der Waals surface area (Å²) in [4.78, 5) is 2.05. The van der Waals surface area contributed by atoms with E-state index < -0.39 is 15.9 Å². The van der Waals surface area contributed by atoms with E-state index in [9.17, 15) is 13.5 Å². The van der Waals surface area contributed by atoms with Crippen molar-refractivity contribution in [3.05, 3.63) is 58.6 Å². The maximum Gasteiger partial charge on any atom is 0.151 e. The molecule has 1 aliphatic rings. The Balaban J connectivity index is 1.63. The Morgan fingerprint density at radius 1 is 1.10 bits per heavy atom. The number of aliphatic hydroxyl groups excluding tert-OH is 1. The van der Waals surface area contributed by atoms with Crippen molar-refractivity contribution >= 4 is 25.8 Å². The zero-order valence-corrected chi connectivity index (χ0v) is 19.4. The maximum absolute atomic E-state index is 12.0. The molecule has 0 spiro atoms. The van der Waals surface area contributed by atoms with Gasteiger partial charge in [0, 0.05) is 23.6 Å². The molecule has 1 aliphatic heterocycles. The highest BCUT2D eigenvalue weighted by Gasteiger charge is 2.33. The number of halogens is 1. The molecule has 2 aromatic rings. The van der Waals surface area contributed by atoms with Crippen LogP contribution in [-0.2, 0) is 16.4 Å². The van der Waals surface area contributed by atoms with Crippen LogP contribution in [0.1, 0.15) is 18.9 Å². The number of hydrogen-bond acceptors (Lipinski definition) is 6. The van der Waals surface area contributed by atoms with E-state index in [0.717, 1.165) is 15.8 Å². The minimum Gasteiger partial charge on any atom is -0.494 e. The van der Waals surface area contributed by atoms with Crippen molar-refractivity contribution in [3.63, 3.8) is 0 Å². The van der Waals surface area contributed by atoms with Gasteiger partial charge in [-0.05, 0) is 55.3 Å². The fraction of sp³-hybridized carbons (Fsp3) is 0.455. The Morgan fingerprint density at radius 3 is 2.33 bits per heavy atom. The van der Waals surface area contributed by atoms with Gasteiger partial charge >= 0.3 is 0 Å². The number of rotatable bonds is 10. The van der Waals surface area contributed by atoms with Crippen LogP contribution < -0.4 is 9.47 Å². The molecule has 3 rings (SSSR count). The summed E-state index contributed by atoms with van der Waals surface area (Å²) in [5.41, 5.74) is 1.05. The van der Waals surface area contributed by atoms with Gasteiger partial charge in [0.2, 0.25) is 0 Å². The van der Waals surface area contributed by atoms with Crippen LogP contribution in [0.5, 0.6) is 11.5 Å². The fourth-order valence-electron chi connectivity index (χ4n) is 3.54. The van der Waals surface area contributed by atoms with Crippen LogP contribution in [0.3, 0.4) is 0 Å². The molecule has 8 heteroatoms. The summed E-state index contributed by atoms with van der Waals surface area (Å²) in [6.45, 7) is 3.58. The second-order valence-corrected chi connectivity index (χ2v) is 10.6. The number of sulfone groups is 1. The molecule has 0 aromatic heterocycles. The van der Waals surface area contributed by atoms with Crippen LogP contribution in [0.2, 0.25) is 0 Å². The molecular weight excluding hydrogens is 470 g/mol. The van der Waals surface area contributed by atoms with E-state index in [-0.39, 0.29) is 24.2 Å². The Bertz CT molecular complexity index is 902. The maximum atomic E-state index is 12.0. The summed E-state index contributed by atoms with van der Waals surface area (Å²) < 4.78 is 36.1. The third-order valence-electron chi connectivity index (χ3n) is 5.05. The second kappa shape index (κ2) is 10.6. The van der Waals surface area contributed by atoms with Gasteiger partial charge < -0.3 is 14.6 Å². The first-order valence-electron chi connectivity index (χ1n) is 10.1. The number of ether oxygens (including phenoxy) is 2. The number of benzene rings is 2. The molecule has 0 aliphatic carbocycles. The third kappa shape index (κ3) is 6.97. The van der Waals surface area contributed by atoms with Crippen molar-refractivity contribution in [2.24, 2.45) is 0 Å². The summed E-state index contributed by atoms with van der Waals surface area (Å²) >= 11 is 3.38. The Labute approximate surface area is 186 Å². The number of aliphatic hydroxyl groups is 1. The van der Waals surface area contributed by atoms with Gasteiger partial charge in [-0.15, -0.1) is 0 Å². The summed E-state index contributed by atoms with van der Waals surface area (Å²) in [5.74, 6) is 1.81. The molecule has 164 valence electrons. The molecule has 0 amide bonds. The molecule has 30 heavy (non-hydrogen) atoms. The van der Waals surface area contributed by atoms with Crippen molar-refractivity contribution in [1.82, 2.24) is 4.90 Å². The SMILES string of the molecule is CCOc1ccc(CN(CC(O)COc2ccc(Br)cc2)C2CCS(=O)(=O)C2)cc1. The third-order valence-corrected chi connectivity index (χ3v) is 7.33. The van der Waals surface area contributed by atoms with E-state index >= 15 is 0 Å². The second-order valence-electron chi connectivity index (χ2n) is 7.48. The number of nitrogens with zero attached hydrogens (tertiary/aromatic N) is 1. The van der Waals surface area contributed by atoms with Gasteiger partial charge in [0.1, 0.15) is 24.2 Å². The molecule has 1 N–H and O–H groups in total. The van der Waals surface area contributed by atoms with E-state index in [0.29, 0.717) is 31.9 Å². The van der Waals surface area contributed by atoms with Crippen molar-refractivity contribution < 1.29 is 23.0 Å². The fourth-order valence-corrected chi connectivity index (χ4v) is 5.57. The normalized spacial score (nSPS) is 19.0. The van der Waals surface area contributed by atoms with Gasteiger partial charge in [0.05, 0.1) is 18.1 Å². The standard InChI is InChI=1S/C22H28BrNO5S/c1-2-28-21-7-3-17(4-8-21)13-24(19-11-12-30(26,27)16-19)14-20(25)15-29-22-9-5-18(23)6-10-22/h3-10,19-20,25H,2,11-16H2,1H3. The topological polar surface area (TPSA) is 76.1 Å². The Hall–Kier alpha value is -1.61. The Kier molecular flexibility index (Phi) is 8.16. The summed E-state index contributed by atoms with van der Waals surface area (Å²) in [7, 11) is -3.02. The van der Waals surface area contributed by atoms with Gasteiger partial charge in [-0.25, -0.2) is 8.42 Å². The predicted molar refractivity (Wildman–Crippen MR) is 121 cm³/mol. The van der Waals surface area contributed by atoms with Gasteiger partial charge in [-0.1, -0.05) is 28.1 Å². The molecule has 2 unspecified atom stereocenters. The molecule has 1 saturated heterocycles. The molecule has 0 bridgehead atoms. The number of hydrogen-bond donors (Lipinski definition) is 1. The van der Waals surface area contributed by atoms with E-state index in [1.54, 1.807) is 0 Å². The highest BCUT2D eigenvalue weighted by molar-refractivity contribution is 9.10. The first-order valence-corrected chi connectivity index (χ1v) is 12.7. The molecule has 6 nitrogen and oxygen atoms in total. The molecule has 2 atom stereocenters. The Morgan fingerprint density at radius 2 is 1.73 bits per heavy atom. The van der Waals surface area contributed by atoms with E-state index in [1.165, 1.54) is 0 Å². The lowest BCUT2D eigenvalue weighted by atomic mass is 10.1. The average molecular weight is 498 g/mol. The summed E-state index contributed by atoms with van der Waals surface area (Å²) in [6.07, 6.45) is -0.153. The van der Waals surface area contributed by atoms with Gasteiger partial charge in [0.25, 0.3) is 0 Å². The molecule has 1 fully saturated rings. The smallest absolute Gasteiger partial charge is 0.151 e. The average Bonchev–Trinajstić information content (AvgIpc) is 3.08. The lowest BCUT2D eigenvalue weighted by Gasteiger charge is -2.30. The first kappa shape index (κ1) is 23.1. The lowest BCUT2D eigenvalue weighted by molar-refractivity contribution is 0.0524. The molecule has 1 heterocycles. The van der Waals surface area contributed by atoms with Crippen molar-refractivity contribution in [2.45, 2.75) is 32.0 Å². The van der Waals surface area contributed by atoms with Crippen LogP contribution in [-0.4, -0.2) is 61.8 Å². The monoisotopic (exact) mass is 497 g/mol. The van der Waals surface area contributed by atoms with Crippen molar-refractivity contribution in [1.29, 1.82) is 0 Å². The molecule has 0 radical (unpaired) electrons. The summed E-state index contributed by atoms with van der Waals surface area (Å²) in [6, 6.07) is 15.1. The highest BCUT2D eigenvalue weighted by Crippen LogP contribution is 2.22. The zero-order chi connectivity index (χ0) is 21.6. The van der Waals surface area contributed by atoms with Crippen molar-refractivity contribution in [3.8, 4) is 11.5 Å². The predicted octanol–water partition coefficient (Wildman–Crippen LogP) is 3.28. The van der Waals surface area contributed by atoms with Crippen LogP contribution in [0.4, 0.5) is 0 Å². The van der Waals surface area contributed by atoms with E-state index in [4.69, 9.17) is 9.47 Å².